The first-order chi connectivity index (χ1) is 7.06. The van der Waals surface area contributed by atoms with Crippen LogP contribution in [0.4, 0.5) is 0 Å². The summed E-state index contributed by atoms with van der Waals surface area (Å²) in [5.41, 5.74) is 7.17. The van der Waals surface area contributed by atoms with Crippen molar-refractivity contribution in [1.29, 1.82) is 0 Å². The molecule has 0 saturated heterocycles. The Morgan fingerprint density at radius 2 is 1.80 bits per heavy atom. The van der Waals surface area contributed by atoms with Gasteiger partial charge in [0.05, 0.1) is 6.10 Å². The highest BCUT2D eigenvalue weighted by molar-refractivity contribution is 5.27. The summed E-state index contributed by atoms with van der Waals surface area (Å²) in [4.78, 5) is 0. The molecule has 2 atom stereocenters. The molecule has 1 aromatic carbocycles. The number of nitrogens with two attached hydrogens (primary N) is 1. The number of hydrogen-bond donors (Lipinski definition) is 3. The lowest BCUT2D eigenvalue weighted by molar-refractivity contribution is 0.0243. The molecule has 0 aliphatic rings. The Hall–Kier alpha value is -0.900. The van der Waals surface area contributed by atoms with E-state index in [9.17, 15) is 10.2 Å². The minimum atomic E-state index is -0.896. The van der Waals surface area contributed by atoms with E-state index < -0.39 is 12.2 Å². The molecule has 0 heterocycles. The second-order valence-electron chi connectivity index (χ2n) is 4.07. The van der Waals surface area contributed by atoms with Crippen LogP contribution in [0.5, 0.6) is 0 Å². The molecular weight excluding hydrogens is 190 g/mol. The zero-order valence-electron chi connectivity index (χ0n) is 9.22. The molecule has 4 N–H and O–H groups in total. The van der Waals surface area contributed by atoms with Gasteiger partial charge in [-0.05, 0) is 17.0 Å². The van der Waals surface area contributed by atoms with Crippen molar-refractivity contribution in [3.63, 3.8) is 0 Å². The molecule has 2 unspecified atom stereocenters. The molecule has 0 aliphatic carbocycles. The highest BCUT2D eigenvalue weighted by atomic mass is 16.3. The highest BCUT2D eigenvalue weighted by Gasteiger charge is 2.16. The zero-order valence-corrected chi connectivity index (χ0v) is 9.22. The summed E-state index contributed by atoms with van der Waals surface area (Å²) in [6.45, 7) is 4.24. The number of benzene rings is 1. The molecule has 0 aromatic heterocycles. The van der Waals surface area contributed by atoms with Crippen LogP contribution < -0.4 is 5.73 Å². The van der Waals surface area contributed by atoms with E-state index in [1.165, 1.54) is 0 Å². The molecule has 1 aromatic rings. The third kappa shape index (κ3) is 3.02. The summed E-state index contributed by atoms with van der Waals surface area (Å²) in [6, 6.07) is 7.61. The third-order valence-electron chi connectivity index (χ3n) is 2.52. The minimum absolute atomic E-state index is 0.0626. The fourth-order valence-corrected chi connectivity index (χ4v) is 1.45. The van der Waals surface area contributed by atoms with Crippen LogP contribution in [0.1, 0.15) is 37.0 Å². The first-order valence-corrected chi connectivity index (χ1v) is 5.22. The van der Waals surface area contributed by atoms with E-state index in [0.717, 1.165) is 11.1 Å². The van der Waals surface area contributed by atoms with Gasteiger partial charge in [0.2, 0.25) is 0 Å². The van der Waals surface area contributed by atoms with Gasteiger partial charge in [0, 0.05) is 6.54 Å². The van der Waals surface area contributed by atoms with Crippen LogP contribution in [0, 0.1) is 0 Å². The maximum absolute atomic E-state index is 9.77. The quantitative estimate of drug-likeness (QED) is 0.697. The van der Waals surface area contributed by atoms with E-state index in [-0.39, 0.29) is 6.54 Å². The molecule has 0 spiro atoms. The van der Waals surface area contributed by atoms with Crippen molar-refractivity contribution in [2.75, 3.05) is 6.54 Å². The van der Waals surface area contributed by atoms with Crippen molar-refractivity contribution in [1.82, 2.24) is 0 Å². The van der Waals surface area contributed by atoms with Crippen LogP contribution in [-0.2, 0) is 0 Å². The average Bonchev–Trinajstić information content (AvgIpc) is 2.27. The van der Waals surface area contributed by atoms with Gasteiger partial charge in [0.25, 0.3) is 0 Å². The third-order valence-corrected chi connectivity index (χ3v) is 2.52. The van der Waals surface area contributed by atoms with E-state index in [1.54, 1.807) is 6.07 Å². The molecule has 0 saturated carbocycles. The molecule has 0 aliphatic heterocycles. The zero-order chi connectivity index (χ0) is 11.4. The topological polar surface area (TPSA) is 66.5 Å². The summed E-state index contributed by atoms with van der Waals surface area (Å²) in [5, 5.41) is 19.2. The lowest BCUT2D eigenvalue weighted by Crippen LogP contribution is -2.27. The first-order valence-electron chi connectivity index (χ1n) is 5.22. The van der Waals surface area contributed by atoms with Gasteiger partial charge in [-0.15, -0.1) is 0 Å². The van der Waals surface area contributed by atoms with Gasteiger partial charge in [-0.3, -0.25) is 0 Å². The number of aliphatic hydroxyl groups is 2. The van der Waals surface area contributed by atoms with E-state index in [1.807, 2.05) is 18.2 Å². The smallest absolute Gasteiger partial charge is 0.106 e. The number of rotatable bonds is 4. The molecular formula is C12H19NO2. The van der Waals surface area contributed by atoms with Gasteiger partial charge in [-0.1, -0.05) is 38.1 Å². The van der Waals surface area contributed by atoms with Crippen molar-refractivity contribution in [2.24, 2.45) is 5.73 Å². The van der Waals surface area contributed by atoms with Gasteiger partial charge < -0.3 is 15.9 Å². The number of hydrogen-bond acceptors (Lipinski definition) is 3. The van der Waals surface area contributed by atoms with Crippen molar-refractivity contribution in [2.45, 2.75) is 32.0 Å². The van der Waals surface area contributed by atoms with Crippen molar-refractivity contribution in [3.8, 4) is 0 Å². The Kier molecular flexibility index (Phi) is 4.27. The van der Waals surface area contributed by atoms with Crippen LogP contribution in [0.25, 0.3) is 0 Å². The van der Waals surface area contributed by atoms with Crippen molar-refractivity contribution >= 4 is 0 Å². The predicted molar refractivity (Wildman–Crippen MR) is 60.6 cm³/mol. The Labute approximate surface area is 90.5 Å². The van der Waals surface area contributed by atoms with Crippen molar-refractivity contribution in [3.05, 3.63) is 35.4 Å². The van der Waals surface area contributed by atoms with Crippen LogP contribution in [0.3, 0.4) is 0 Å². The Morgan fingerprint density at radius 1 is 1.20 bits per heavy atom. The maximum atomic E-state index is 9.77. The highest BCUT2D eigenvalue weighted by Crippen LogP contribution is 2.21. The van der Waals surface area contributed by atoms with Crippen LogP contribution in [0.2, 0.25) is 0 Å². The van der Waals surface area contributed by atoms with Gasteiger partial charge in [0.1, 0.15) is 6.10 Å². The van der Waals surface area contributed by atoms with Gasteiger partial charge in [-0.25, -0.2) is 0 Å². The van der Waals surface area contributed by atoms with Gasteiger partial charge in [0.15, 0.2) is 0 Å². The molecule has 0 bridgehead atoms. The Bertz CT molecular complexity index is 312. The summed E-state index contributed by atoms with van der Waals surface area (Å²) >= 11 is 0. The van der Waals surface area contributed by atoms with Crippen LogP contribution >= 0.6 is 0 Å². The molecule has 0 fully saturated rings. The van der Waals surface area contributed by atoms with Gasteiger partial charge in [-0.2, -0.15) is 0 Å². The second kappa shape index (κ2) is 5.26. The summed E-state index contributed by atoms with van der Waals surface area (Å²) in [7, 11) is 0. The molecule has 0 radical (unpaired) electrons. The summed E-state index contributed by atoms with van der Waals surface area (Å²) in [6.07, 6.45) is -1.79. The van der Waals surface area contributed by atoms with Crippen molar-refractivity contribution < 1.29 is 10.2 Å². The lowest BCUT2D eigenvalue weighted by atomic mass is 9.97. The monoisotopic (exact) mass is 209 g/mol. The average molecular weight is 209 g/mol. The number of aliphatic hydroxyl groups excluding tert-OH is 2. The molecule has 1 rings (SSSR count). The van der Waals surface area contributed by atoms with E-state index in [4.69, 9.17) is 5.73 Å². The van der Waals surface area contributed by atoms with E-state index in [0.29, 0.717) is 5.92 Å². The van der Waals surface area contributed by atoms with E-state index >= 15 is 0 Å². The molecule has 3 heteroatoms. The lowest BCUT2D eigenvalue weighted by Gasteiger charge is -2.17. The summed E-state index contributed by atoms with van der Waals surface area (Å²) < 4.78 is 0. The van der Waals surface area contributed by atoms with Crippen LogP contribution in [0.15, 0.2) is 24.3 Å². The van der Waals surface area contributed by atoms with E-state index in [2.05, 4.69) is 13.8 Å². The maximum Gasteiger partial charge on any atom is 0.106 e. The van der Waals surface area contributed by atoms with Gasteiger partial charge >= 0.3 is 0 Å². The summed E-state index contributed by atoms with van der Waals surface area (Å²) in [5.74, 6) is 0.409. The molecule has 15 heavy (non-hydrogen) atoms. The SMILES string of the molecule is CC(C)c1cccc(C(O)C(O)CN)c1. The largest absolute Gasteiger partial charge is 0.389 e. The van der Waals surface area contributed by atoms with Crippen LogP contribution in [-0.4, -0.2) is 22.9 Å². The minimum Gasteiger partial charge on any atom is -0.389 e. The Morgan fingerprint density at radius 3 is 2.33 bits per heavy atom. The Balaban J connectivity index is 2.90. The second-order valence-corrected chi connectivity index (χ2v) is 4.07. The normalized spacial score (nSPS) is 15.3. The fourth-order valence-electron chi connectivity index (χ4n) is 1.45. The molecule has 3 nitrogen and oxygen atoms in total. The standard InChI is InChI=1S/C12H19NO2/c1-8(2)9-4-3-5-10(6-9)12(15)11(14)7-13/h3-6,8,11-12,14-15H,7,13H2,1-2H3. The first kappa shape index (κ1) is 12.2. The molecule has 84 valence electrons. The fraction of sp³-hybridized carbons (Fsp3) is 0.500. The predicted octanol–water partition coefficient (Wildman–Crippen LogP) is 1.16. The molecule has 0 amide bonds.